The normalized spacial score (nSPS) is 17.8. The zero-order valence-electron chi connectivity index (χ0n) is 37.4. The molecule has 0 bridgehead atoms. The number of hydrogen-bond acceptors (Lipinski definition) is 9. The van der Waals surface area contributed by atoms with E-state index < -0.39 is 32.5 Å². The molecule has 1 heterocycles. The SMILES string of the molecule is CCCCC/C=C\C/C=C\C/C=C\C/C=C\CCCC(=O)OC[C@H](COP(=O)([O-])OCC[N+](C)(C)C)OC(=O)CCC/C=C\C/C=C\CC1OC1C/C=C\CCCCC. The molecule has 1 saturated heterocycles. The summed E-state index contributed by atoms with van der Waals surface area (Å²) in [5.41, 5.74) is 0. The number of allylic oxidation sites excluding steroid dienone is 12. The largest absolute Gasteiger partial charge is 0.756 e. The number of ether oxygens (including phenoxy) is 3. The maximum Gasteiger partial charge on any atom is 0.306 e. The van der Waals surface area contributed by atoms with Crippen LogP contribution in [0.2, 0.25) is 0 Å². The molecule has 1 aliphatic heterocycles. The molecule has 1 aliphatic rings. The summed E-state index contributed by atoms with van der Waals surface area (Å²) in [6.07, 6.45) is 48.0. The highest BCUT2D eigenvalue weighted by atomic mass is 31.2. The molecule has 3 unspecified atom stereocenters. The quantitative estimate of drug-likeness (QED) is 0.0149. The molecule has 0 saturated carbocycles. The van der Waals surface area contributed by atoms with E-state index in [4.69, 9.17) is 23.3 Å². The first-order valence-electron chi connectivity index (χ1n) is 22.4. The van der Waals surface area contributed by atoms with Crippen LogP contribution in [0.1, 0.15) is 142 Å². The van der Waals surface area contributed by atoms with Gasteiger partial charge in [0.15, 0.2) is 6.10 Å². The Morgan fingerprint density at radius 3 is 1.56 bits per heavy atom. The third kappa shape index (κ3) is 36.7. The topological polar surface area (TPSA) is 124 Å². The van der Waals surface area contributed by atoms with Gasteiger partial charge in [-0.25, -0.2) is 0 Å². The molecule has 0 radical (unpaired) electrons. The molecule has 11 heteroatoms. The molecule has 1 fully saturated rings. The van der Waals surface area contributed by atoms with Gasteiger partial charge in [0.2, 0.25) is 0 Å². The highest BCUT2D eigenvalue weighted by Crippen LogP contribution is 2.38. The first kappa shape index (κ1) is 54.2. The lowest BCUT2D eigenvalue weighted by atomic mass is 10.1. The molecule has 4 atom stereocenters. The van der Waals surface area contributed by atoms with Gasteiger partial charge >= 0.3 is 11.9 Å². The van der Waals surface area contributed by atoms with Gasteiger partial charge in [0.1, 0.15) is 19.8 Å². The van der Waals surface area contributed by atoms with Crippen LogP contribution >= 0.6 is 7.82 Å². The molecule has 0 spiro atoms. The van der Waals surface area contributed by atoms with Crippen LogP contribution in [-0.4, -0.2) is 82.2 Å². The number of likely N-dealkylation sites (N-methyl/N-ethyl adjacent to an activating group) is 1. The van der Waals surface area contributed by atoms with E-state index in [9.17, 15) is 19.0 Å². The molecule has 0 aliphatic carbocycles. The zero-order chi connectivity index (χ0) is 43.3. The summed E-state index contributed by atoms with van der Waals surface area (Å²) in [6, 6.07) is 0. The summed E-state index contributed by atoms with van der Waals surface area (Å²) < 4.78 is 39.5. The summed E-state index contributed by atoms with van der Waals surface area (Å²) in [7, 11) is 1.08. The van der Waals surface area contributed by atoms with E-state index in [0.717, 1.165) is 51.4 Å². The predicted molar refractivity (Wildman–Crippen MR) is 240 cm³/mol. The van der Waals surface area contributed by atoms with Crippen LogP contribution in [0.15, 0.2) is 85.1 Å². The minimum absolute atomic E-state index is 0.0566. The number of phosphoric acid groups is 1. The first-order chi connectivity index (χ1) is 28.5. The predicted octanol–water partition coefficient (Wildman–Crippen LogP) is 11.2. The molecular formula is C48H80NO9P. The van der Waals surface area contributed by atoms with Crippen molar-refractivity contribution in [1.82, 2.24) is 0 Å². The van der Waals surface area contributed by atoms with Crippen molar-refractivity contribution in [3.8, 4) is 0 Å². The fraction of sp³-hybridized carbons (Fsp3) is 0.667. The average molecular weight is 846 g/mol. The number of epoxide rings is 1. The molecule has 0 aromatic carbocycles. The Kier molecular flexibility index (Phi) is 32.9. The Bertz CT molecular complexity index is 1340. The number of quaternary nitrogens is 1. The third-order valence-corrected chi connectivity index (χ3v) is 10.3. The standard InChI is InChI=1S/C48H80NO9P/c1-6-8-10-12-14-15-16-17-18-19-20-21-22-23-26-30-34-38-47(50)54-42-44(43-56-59(52,53)55-41-40-49(3,4)5)57-48(51)39-35-31-27-24-25-29-33-37-46-45(58-46)36-32-28-13-11-9-7-2/h14-15,17-18,20-21,23-24,26-29,32-33,44-46H,6-13,16,19,22,25,30-31,34-43H2,1-5H3/b15-14-,18-17-,21-20-,26-23-,27-24-,32-28-,33-29-/t44-,45?,46?/m1/s1. The maximum atomic E-state index is 12.7. The van der Waals surface area contributed by atoms with Crippen LogP contribution in [0.25, 0.3) is 0 Å². The lowest BCUT2D eigenvalue weighted by Gasteiger charge is -2.28. The molecule has 0 aromatic heterocycles. The summed E-state index contributed by atoms with van der Waals surface area (Å²) in [6.45, 7) is 4.00. The van der Waals surface area contributed by atoms with Crippen molar-refractivity contribution in [2.45, 2.75) is 161 Å². The average Bonchev–Trinajstić information content (AvgIpc) is 3.94. The third-order valence-electron chi connectivity index (χ3n) is 9.29. The molecule has 0 aromatic rings. The van der Waals surface area contributed by atoms with Crippen molar-refractivity contribution in [1.29, 1.82) is 0 Å². The molecule has 0 N–H and O–H groups in total. The minimum atomic E-state index is -4.66. The second-order valence-electron chi connectivity index (χ2n) is 16.1. The van der Waals surface area contributed by atoms with Gasteiger partial charge in [-0.05, 0) is 89.9 Å². The fourth-order valence-electron chi connectivity index (χ4n) is 5.62. The van der Waals surface area contributed by atoms with Crippen molar-refractivity contribution < 1.29 is 46.8 Å². The van der Waals surface area contributed by atoms with Gasteiger partial charge in [-0.1, -0.05) is 125 Å². The van der Waals surface area contributed by atoms with Crippen molar-refractivity contribution in [2.24, 2.45) is 0 Å². The van der Waals surface area contributed by atoms with Crippen LogP contribution in [0.4, 0.5) is 0 Å². The first-order valence-corrected chi connectivity index (χ1v) is 23.9. The van der Waals surface area contributed by atoms with E-state index in [1.807, 2.05) is 33.3 Å². The van der Waals surface area contributed by atoms with E-state index in [2.05, 4.69) is 86.8 Å². The van der Waals surface area contributed by atoms with Crippen molar-refractivity contribution in [2.75, 3.05) is 47.5 Å². The van der Waals surface area contributed by atoms with E-state index >= 15 is 0 Å². The maximum absolute atomic E-state index is 12.7. The number of esters is 2. The number of carbonyl (C=O) groups is 2. The monoisotopic (exact) mass is 846 g/mol. The summed E-state index contributed by atoms with van der Waals surface area (Å²) in [5.74, 6) is -0.981. The van der Waals surface area contributed by atoms with Gasteiger partial charge in [0.05, 0.1) is 40.0 Å². The highest BCUT2D eigenvalue weighted by molar-refractivity contribution is 7.45. The van der Waals surface area contributed by atoms with Gasteiger partial charge in [-0.15, -0.1) is 0 Å². The number of unbranched alkanes of at least 4 members (excludes halogenated alkanes) is 8. The van der Waals surface area contributed by atoms with Crippen LogP contribution in [-0.2, 0) is 37.4 Å². The molecule has 10 nitrogen and oxygen atoms in total. The Labute approximate surface area is 358 Å². The van der Waals surface area contributed by atoms with Crippen LogP contribution in [0, 0.1) is 0 Å². The molecule has 0 amide bonds. The van der Waals surface area contributed by atoms with Crippen LogP contribution in [0.3, 0.4) is 0 Å². The molecule has 1 rings (SSSR count). The zero-order valence-corrected chi connectivity index (χ0v) is 38.2. The van der Waals surface area contributed by atoms with Gasteiger partial charge < -0.3 is 32.6 Å². The second-order valence-corrected chi connectivity index (χ2v) is 17.5. The summed E-state index contributed by atoms with van der Waals surface area (Å²) in [5, 5.41) is 0. The Balaban J connectivity index is 2.37. The van der Waals surface area contributed by atoms with Crippen molar-refractivity contribution in [3.05, 3.63) is 85.1 Å². The number of phosphoric ester groups is 1. The molecular weight excluding hydrogens is 765 g/mol. The number of nitrogens with zero attached hydrogens (tertiary/aromatic N) is 1. The Morgan fingerprint density at radius 2 is 1.05 bits per heavy atom. The summed E-state index contributed by atoms with van der Waals surface area (Å²) in [4.78, 5) is 37.5. The summed E-state index contributed by atoms with van der Waals surface area (Å²) >= 11 is 0. The van der Waals surface area contributed by atoms with E-state index in [0.29, 0.717) is 42.5 Å². The molecule has 59 heavy (non-hydrogen) atoms. The van der Waals surface area contributed by atoms with Gasteiger partial charge in [0, 0.05) is 12.8 Å². The number of rotatable bonds is 38. The molecule has 336 valence electrons. The van der Waals surface area contributed by atoms with Gasteiger partial charge in [-0.3, -0.25) is 14.2 Å². The fourth-order valence-corrected chi connectivity index (χ4v) is 6.35. The highest BCUT2D eigenvalue weighted by Gasteiger charge is 2.36. The minimum Gasteiger partial charge on any atom is -0.756 e. The number of hydrogen-bond donors (Lipinski definition) is 0. The van der Waals surface area contributed by atoms with E-state index in [1.165, 1.54) is 44.9 Å². The van der Waals surface area contributed by atoms with Crippen molar-refractivity contribution in [3.63, 3.8) is 0 Å². The van der Waals surface area contributed by atoms with Crippen molar-refractivity contribution >= 4 is 19.8 Å². The lowest BCUT2D eigenvalue weighted by molar-refractivity contribution is -0.870. The van der Waals surface area contributed by atoms with Crippen LogP contribution < -0.4 is 4.89 Å². The second kappa shape index (κ2) is 35.9. The van der Waals surface area contributed by atoms with Gasteiger partial charge in [0.25, 0.3) is 7.82 Å². The van der Waals surface area contributed by atoms with Crippen LogP contribution in [0.5, 0.6) is 0 Å². The lowest BCUT2D eigenvalue weighted by Crippen LogP contribution is -2.37. The Morgan fingerprint density at radius 1 is 0.610 bits per heavy atom. The van der Waals surface area contributed by atoms with Gasteiger partial charge in [-0.2, -0.15) is 0 Å². The smallest absolute Gasteiger partial charge is 0.306 e. The van der Waals surface area contributed by atoms with E-state index in [-0.39, 0.29) is 26.1 Å². The number of carbonyl (C=O) groups excluding carboxylic acids is 2. The van der Waals surface area contributed by atoms with E-state index in [1.54, 1.807) is 0 Å². The Hall–Kier alpha value is -2.85.